The van der Waals surface area contributed by atoms with Gasteiger partial charge in [-0.3, -0.25) is 4.68 Å². The molecule has 0 spiro atoms. The lowest BCUT2D eigenvalue weighted by Gasteiger charge is -2.04. The molecular weight excluding hydrogens is 217 g/mol. The Labute approximate surface area is 100 Å². The van der Waals surface area contributed by atoms with E-state index in [0.29, 0.717) is 11.3 Å². The number of nitrogens with two attached hydrogens (primary N) is 1. The SMILES string of the molecule is CCCc1nn(C)cc1-c1ccc(N)cc1F. The third-order valence-corrected chi connectivity index (χ3v) is 2.68. The van der Waals surface area contributed by atoms with Crippen molar-refractivity contribution in [3.63, 3.8) is 0 Å². The van der Waals surface area contributed by atoms with Crippen molar-refractivity contribution in [2.75, 3.05) is 5.73 Å². The topological polar surface area (TPSA) is 43.8 Å². The van der Waals surface area contributed by atoms with Gasteiger partial charge in [0.05, 0.1) is 5.69 Å². The number of hydrogen-bond acceptors (Lipinski definition) is 2. The fourth-order valence-electron chi connectivity index (χ4n) is 1.93. The van der Waals surface area contributed by atoms with Crippen LogP contribution in [0.15, 0.2) is 24.4 Å². The number of aromatic nitrogens is 2. The average molecular weight is 233 g/mol. The number of nitrogen functional groups attached to an aromatic ring is 1. The van der Waals surface area contributed by atoms with Crippen molar-refractivity contribution >= 4 is 5.69 Å². The van der Waals surface area contributed by atoms with E-state index >= 15 is 0 Å². The monoisotopic (exact) mass is 233 g/mol. The fraction of sp³-hybridized carbons (Fsp3) is 0.308. The lowest BCUT2D eigenvalue weighted by atomic mass is 10.0. The first-order valence-corrected chi connectivity index (χ1v) is 5.69. The van der Waals surface area contributed by atoms with E-state index in [9.17, 15) is 4.39 Å². The molecule has 2 rings (SSSR count). The van der Waals surface area contributed by atoms with Crippen molar-refractivity contribution < 1.29 is 4.39 Å². The van der Waals surface area contributed by atoms with Crippen LogP contribution in [0.3, 0.4) is 0 Å². The van der Waals surface area contributed by atoms with Crippen molar-refractivity contribution in [3.8, 4) is 11.1 Å². The van der Waals surface area contributed by atoms with Gasteiger partial charge in [0.2, 0.25) is 0 Å². The molecule has 90 valence electrons. The molecule has 4 heteroatoms. The third-order valence-electron chi connectivity index (χ3n) is 2.68. The number of anilines is 1. The number of benzene rings is 1. The second-order valence-electron chi connectivity index (χ2n) is 4.15. The molecule has 0 aliphatic carbocycles. The summed E-state index contributed by atoms with van der Waals surface area (Å²) in [5, 5.41) is 4.36. The van der Waals surface area contributed by atoms with Gasteiger partial charge in [0.15, 0.2) is 0 Å². The molecule has 1 aromatic heterocycles. The molecule has 0 saturated heterocycles. The van der Waals surface area contributed by atoms with Crippen molar-refractivity contribution in [1.29, 1.82) is 0 Å². The van der Waals surface area contributed by atoms with Crippen molar-refractivity contribution in [2.24, 2.45) is 7.05 Å². The summed E-state index contributed by atoms with van der Waals surface area (Å²) in [7, 11) is 1.85. The Kier molecular flexibility index (Phi) is 3.13. The summed E-state index contributed by atoms with van der Waals surface area (Å²) in [6.45, 7) is 2.08. The van der Waals surface area contributed by atoms with Gasteiger partial charge in [-0.15, -0.1) is 0 Å². The molecule has 1 aromatic carbocycles. The van der Waals surface area contributed by atoms with Crippen LogP contribution in [0.25, 0.3) is 11.1 Å². The fourth-order valence-corrected chi connectivity index (χ4v) is 1.93. The Balaban J connectivity index is 2.51. The van der Waals surface area contributed by atoms with Gasteiger partial charge in [-0.05, 0) is 24.6 Å². The first-order valence-electron chi connectivity index (χ1n) is 5.69. The van der Waals surface area contributed by atoms with Crippen LogP contribution in [0, 0.1) is 5.82 Å². The number of nitrogens with zero attached hydrogens (tertiary/aromatic N) is 2. The van der Waals surface area contributed by atoms with Crippen molar-refractivity contribution in [3.05, 3.63) is 35.9 Å². The minimum atomic E-state index is -0.296. The predicted molar refractivity (Wildman–Crippen MR) is 67.0 cm³/mol. The maximum absolute atomic E-state index is 13.8. The van der Waals surface area contributed by atoms with Gasteiger partial charge in [0.1, 0.15) is 5.82 Å². The standard InChI is InChI=1S/C13H16FN3/c1-3-4-13-11(8-17(2)16-13)10-6-5-9(15)7-12(10)14/h5-8H,3-4,15H2,1-2H3. The minimum Gasteiger partial charge on any atom is -0.399 e. The zero-order valence-corrected chi connectivity index (χ0v) is 10.1. The highest BCUT2D eigenvalue weighted by molar-refractivity contribution is 5.68. The van der Waals surface area contributed by atoms with E-state index in [0.717, 1.165) is 24.1 Å². The van der Waals surface area contributed by atoms with E-state index in [1.807, 2.05) is 13.2 Å². The van der Waals surface area contributed by atoms with Crippen LogP contribution in [-0.4, -0.2) is 9.78 Å². The van der Waals surface area contributed by atoms with Gasteiger partial charge in [-0.25, -0.2) is 4.39 Å². The molecular formula is C13H16FN3. The maximum atomic E-state index is 13.8. The summed E-state index contributed by atoms with van der Waals surface area (Å²) in [6, 6.07) is 4.76. The minimum absolute atomic E-state index is 0.296. The van der Waals surface area contributed by atoms with Gasteiger partial charge >= 0.3 is 0 Å². The molecule has 0 atom stereocenters. The molecule has 0 aliphatic rings. The molecule has 2 aromatic rings. The normalized spacial score (nSPS) is 10.8. The third kappa shape index (κ3) is 2.30. The van der Waals surface area contributed by atoms with Crippen LogP contribution in [0.1, 0.15) is 19.0 Å². The van der Waals surface area contributed by atoms with E-state index < -0.39 is 0 Å². The first kappa shape index (κ1) is 11.6. The first-order chi connectivity index (χ1) is 8.11. The van der Waals surface area contributed by atoms with Crippen molar-refractivity contribution in [1.82, 2.24) is 9.78 Å². The highest BCUT2D eigenvalue weighted by Gasteiger charge is 2.13. The maximum Gasteiger partial charge on any atom is 0.133 e. The molecule has 1 heterocycles. The van der Waals surface area contributed by atoms with Crippen LogP contribution < -0.4 is 5.73 Å². The summed E-state index contributed by atoms with van der Waals surface area (Å²) >= 11 is 0. The van der Waals surface area contributed by atoms with Gasteiger partial charge in [0.25, 0.3) is 0 Å². The molecule has 17 heavy (non-hydrogen) atoms. The molecule has 0 fully saturated rings. The average Bonchev–Trinajstić information content (AvgIpc) is 2.60. The van der Waals surface area contributed by atoms with Crippen LogP contribution >= 0.6 is 0 Å². The van der Waals surface area contributed by atoms with Crippen LogP contribution in [0.4, 0.5) is 10.1 Å². The van der Waals surface area contributed by atoms with Gasteiger partial charge in [-0.1, -0.05) is 13.3 Å². The number of halogens is 1. The van der Waals surface area contributed by atoms with E-state index in [4.69, 9.17) is 5.73 Å². The molecule has 3 nitrogen and oxygen atoms in total. The lowest BCUT2D eigenvalue weighted by Crippen LogP contribution is -1.93. The Morgan fingerprint density at radius 1 is 1.35 bits per heavy atom. The Bertz CT molecular complexity index is 531. The quantitative estimate of drug-likeness (QED) is 0.828. The lowest BCUT2D eigenvalue weighted by molar-refractivity contribution is 0.631. The predicted octanol–water partition coefficient (Wildman–Crippen LogP) is 2.76. The van der Waals surface area contributed by atoms with Crippen molar-refractivity contribution in [2.45, 2.75) is 19.8 Å². The Hall–Kier alpha value is -1.84. The summed E-state index contributed by atoms with van der Waals surface area (Å²) in [4.78, 5) is 0. The highest BCUT2D eigenvalue weighted by Crippen LogP contribution is 2.27. The number of rotatable bonds is 3. The summed E-state index contributed by atoms with van der Waals surface area (Å²) in [5.74, 6) is -0.296. The number of aryl methyl sites for hydroxylation is 2. The Morgan fingerprint density at radius 2 is 2.12 bits per heavy atom. The van der Waals surface area contributed by atoms with E-state index in [1.54, 1.807) is 16.8 Å². The van der Waals surface area contributed by atoms with Crippen LogP contribution in [0.2, 0.25) is 0 Å². The van der Waals surface area contributed by atoms with Crippen LogP contribution in [0.5, 0.6) is 0 Å². The molecule has 0 unspecified atom stereocenters. The molecule has 0 saturated carbocycles. The Morgan fingerprint density at radius 3 is 2.76 bits per heavy atom. The second kappa shape index (κ2) is 4.57. The molecule has 0 amide bonds. The van der Waals surface area contributed by atoms with E-state index in [1.165, 1.54) is 6.07 Å². The van der Waals surface area contributed by atoms with Gasteiger partial charge in [-0.2, -0.15) is 5.10 Å². The molecule has 2 N–H and O–H groups in total. The zero-order chi connectivity index (χ0) is 12.4. The second-order valence-corrected chi connectivity index (χ2v) is 4.15. The van der Waals surface area contributed by atoms with E-state index in [-0.39, 0.29) is 5.82 Å². The smallest absolute Gasteiger partial charge is 0.133 e. The largest absolute Gasteiger partial charge is 0.399 e. The van der Waals surface area contributed by atoms with Crippen LogP contribution in [-0.2, 0) is 13.5 Å². The zero-order valence-electron chi connectivity index (χ0n) is 10.1. The summed E-state index contributed by atoms with van der Waals surface area (Å²) < 4.78 is 15.6. The molecule has 0 aliphatic heterocycles. The van der Waals surface area contributed by atoms with E-state index in [2.05, 4.69) is 12.0 Å². The van der Waals surface area contributed by atoms with Gasteiger partial charge < -0.3 is 5.73 Å². The summed E-state index contributed by atoms with van der Waals surface area (Å²) in [6.07, 6.45) is 3.68. The number of hydrogen-bond donors (Lipinski definition) is 1. The summed E-state index contributed by atoms with van der Waals surface area (Å²) in [5.41, 5.74) is 8.33. The highest BCUT2D eigenvalue weighted by atomic mass is 19.1. The van der Waals surface area contributed by atoms with Gasteiger partial charge in [0, 0.05) is 30.1 Å². The molecule has 0 radical (unpaired) electrons. The molecule has 0 bridgehead atoms.